The van der Waals surface area contributed by atoms with Crippen molar-refractivity contribution < 1.29 is 64.4 Å². The first-order chi connectivity index (χ1) is 6.27. The summed E-state index contributed by atoms with van der Waals surface area (Å²) in [6, 6.07) is -1.17. The Labute approximate surface area is 108 Å². The van der Waals surface area contributed by atoms with Crippen molar-refractivity contribution in [2.75, 3.05) is 0 Å². The molecule has 0 fully saturated rings. The van der Waals surface area contributed by atoms with Crippen LogP contribution in [0, 0.1) is 0 Å². The summed E-state index contributed by atoms with van der Waals surface area (Å²) >= 11 is 0. The molecule has 6 N–H and O–H groups in total. The molecule has 8 nitrogen and oxygen atoms in total. The van der Waals surface area contributed by atoms with Crippen LogP contribution >= 0.6 is 0 Å². The van der Waals surface area contributed by atoms with Crippen LogP contribution in [0.4, 0.5) is 0 Å². The van der Waals surface area contributed by atoms with Crippen molar-refractivity contribution in [3.63, 3.8) is 0 Å². The van der Waals surface area contributed by atoms with E-state index in [1.54, 1.807) is 0 Å². The van der Waals surface area contributed by atoms with Gasteiger partial charge >= 0.3 is 42.8 Å². The maximum Gasteiger partial charge on any atom is 1.00 e. The average Bonchev–Trinajstić information content (AvgIpc) is 1.98. The van der Waals surface area contributed by atoms with Crippen molar-refractivity contribution >= 4 is 19.3 Å². The normalized spacial score (nSPS) is 10.1. The number of carbonyl (C=O) groups excluding carboxylic acids is 1. The number of hydrogen-bond donors (Lipinski definition) is 5. The maximum absolute atomic E-state index is 9.88. The number of aliphatic carboxylic acids is 2. The third-order valence-corrected chi connectivity index (χ3v) is 0.972. The summed E-state index contributed by atoms with van der Waals surface area (Å²) in [5, 5.41) is 39.5. The van der Waals surface area contributed by atoms with Gasteiger partial charge in [0.25, 0.3) is 0 Å². The predicted octanol–water partition coefficient (Wildman–Crippen LogP) is -7.12. The summed E-state index contributed by atoms with van der Waals surface area (Å²) in [6.07, 6.45) is -0.327. The van der Waals surface area contributed by atoms with Crippen LogP contribution in [-0.4, -0.2) is 45.5 Å². The minimum absolute atomic E-state index is 0. The second kappa shape index (κ2) is 11.9. The third kappa shape index (κ3) is 24.8. The van der Waals surface area contributed by atoms with Gasteiger partial charge in [0.1, 0.15) is 0 Å². The standard InChI is InChI=1S/C5H9NO4.BH3O3.Na/c6-3(5(9)10)1-2-4(7)8;2-1(3)4;/h3H,1-2,6H2,(H,7,8)(H,9,10);2-4H;/q;;+1/p-1. The summed E-state index contributed by atoms with van der Waals surface area (Å²) in [6.45, 7) is 0. The third-order valence-electron chi connectivity index (χ3n) is 0.972. The SMILES string of the molecule is NC(CCC(=O)O)C(=O)[O-].OB(O)O.[Na+]. The van der Waals surface area contributed by atoms with Gasteiger partial charge in [-0.2, -0.15) is 0 Å². The minimum Gasteiger partial charge on any atom is -0.548 e. The van der Waals surface area contributed by atoms with Crippen molar-refractivity contribution in [2.45, 2.75) is 18.9 Å². The molecular weight excluding hydrogens is 220 g/mol. The van der Waals surface area contributed by atoms with E-state index >= 15 is 0 Å². The molecule has 0 aromatic carbocycles. The van der Waals surface area contributed by atoms with Gasteiger partial charge in [0.05, 0.1) is 5.97 Å². The van der Waals surface area contributed by atoms with E-state index in [-0.39, 0.29) is 42.4 Å². The summed E-state index contributed by atoms with van der Waals surface area (Å²) < 4.78 is 0. The Bertz CT molecular complexity index is 187. The van der Waals surface area contributed by atoms with Crippen molar-refractivity contribution in [1.29, 1.82) is 0 Å². The average molecular weight is 231 g/mol. The zero-order valence-electron chi connectivity index (χ0n) is 8.16. The molecule has 0 rings (SSSR count). The number of nitrogens with two attached hydrogens (primary N) is 1. The van der Waals surface area contributed by atoms with Crippen LogP contribution in [0.1, 0.15) is 12.8 Å². The number of rotatable bonds is 4. The van der Waals surface area contributed by atoms with Gasteiger partial charge in [-0.25, -0.2) is 0 Å². The van der Waals surface area contributed by atoms with Crippen LogP contribution in [0.15, 0.2) is 0 Å². The molecule has 0 aliphatic carbocycles. The Balaban J connectivity index is -0.000000249. The first-order valence-electron chi connectivity index (χ1n) is 3.49. The molecule has 0 aliphatic heterocycles. The van der Waals surface area contributed by atoms with Gasteiger partial charge in [-0.05, 0) is 6.42 Å². The Morgan fingerprint density at radius 2 is 1.67 bits per heavy atom. The molecular formula is C5H11BNNaO7. The van der Waals surface area contributed by atoms with E-state index in [0.29, 0.717) is 0 Å². The molecule has 82 valence electrons. The van der Waals surface area contributed by atoms with Gasteiger partial charge in [-0.15, -0.1) is 0 Å². The molecule has 0 aliphatic rings. The van der Waals surface area contributed by atoms with Crippen molar-refractivity contribution in [2.24, 2.45) is 5.73 Å². The second-order valence-electron chi connectivity index (χ2n) is 2.20. The first kappa shape index (κ1) is 20.3. The summed E-state index contributed by atoms with van der Waals surface area (Å²) in [4.78, 5) is 19.7. The van der Waals surface area contributed by atoms with Gasteiger partial charge in [-0.1, -0.05) is 0 Å². The molecule has 0 saturated heterocycles. The van der Waals surface area contributed by atoms with Crippen LogP contribution in [0.3, 0.4) is 0 Å². The van der Waals surface area contributed by atoms with E-state index < -0.39 is 25.3 Å². The van der Waals surface area contributed by atoms with E-state index in [9.17, 15) is 14.7 Å². The van der Waals surface area contributed by atoms with Gasteiger partial charge in [0.15, 0.2) is 0 Å². The van der Waals surface area contributed by atoms with Crippen LogP contribution < -0.4 is 40.4 Å². The van der Waals surface area contributed by atoms with Gasteiger partial charge < -0.3 is 35.8 Å². The van der Waals surface area contributed by atoms with Crippen LogP contribution in [0.25, 0.3) is 0 Å². The fraction of sp³-hybridized carbons (Fsp3) is 0.600. The Morgan fingerprint density at radius 1 is 1.33 bits per heavy atom. The van der Waals surface area contributed by atoms with Crippen molar-refractivity contribution in [1.82, 2.24) is 0 Å². The molecule has 0 amide bonds. The Kier molecular flexibility index (Phi) is 16.1. The largest absolute Gasteiger partial charge is 1.00 e. The second-order valence-corrected chi connectivity index (χ2v) is 2.20. The maximum atomic E-state index is 9.88. The quantitative estimate of drug-likeness (QED) is 0.297. The molecule has 0 spiro atoms. The van der Waals surface area contributed by atoms with E-state index in [1.807, 2.05) is 0 Å². The van der Waals surface area contributed by atoms with E-state index in [1.165, 1.54) is 0 Å². The fourth-order valence-electron chi connectivity index (χ4n) is 0.397. The van der Waals surface area contributed by atoms with E-state index in [0.717, 1.165) is 0 Å². The van der Waals surface area contributed by atoms with Gasteiger partial charge in [0.2, 0.25) is 0 Å². The molecule has 1 atom stereocenters. The van der Waals surface area contributed by atoms with E-state index in [2.05, 4.69) is 0 Å². The van der Waals surface area contributed by atoms with Crippen LogP contribution in [0.2, 0.25) is 0 Å². The van der Waals surface area contributed by atoms with Gasteiger partial charge in [-0.3, -0.25) is 4.79 Å². The molecule has 15 heavy (non-hydrogen) atoms. The monoisotopic (exact) mass is 231 g/mol. The Hall–Kier alpha value is -0.155. The smallest absolute Gasteiger partial charge is 0.548 e. The number of carbonyl (C=O) groups is 2. The van der Waals surface area contributed by atoms with Crippen LogP contribution in [0.5, 0.6) is 0 Å². The molecule has 0 bridgehead atoms. The Morgan fingerprint density at radius 3 is 1.87 bits per heavy atom. The predicted molar refractivity (Wildman–Crippen MR) is 42.3 cm³/mol. The molecule has 0 radical (unpaired) electrons. The summed E-state index contributed by atoms with van der Waals surface area (Å²) in [7, 11) is -2.17. The molecule has 1 unspecified atom stereocenters. The van der Waals surface area contributed by atoms with Crippen molar-refractivity contribution in [3.05, 3.63) is 0 Å². The topological polar surface area (TPSA) is 164 Å². The molecule has 10 heteroatoms. The number of carboxylic acid groups (broad SMARTS) is 2. The number of hydrogen-bond acceptors (Lipinski definition) is 7. The van der Waals surface area contributed by atoms with E-state index in [4.69, 9.17) is 25.9 Å². The minimum atomic E-state index is -2.17. The summed E-state index contributed by atoms with van der Waals surface area (Å²) in [5.74, 6) is -2.47. The molecule has 0 aromatic heterocycles. The van der Waals surface area contributed by atoms with Gasteiger partial charge in [0, 0.05) is 12.5 Å². The molecule has 0 aromatic rings. The zero-order valence-corrected chi connectivity index (χ0v) is 10.2. The molecule has 0 saturated carbocycles. The fourth-order valence-corrected chi connectivity index (χ4v) is 0.397. The molecule has 0 heterocycles. The number of carboxylic acids is 2. The van der Waals surface area contributed by atoms with Crippen LogP contribution in [-0.2, 0) is 9.59 Å². The zero-order chi connectivity index (χ0) is 11.7. The summed E-state index contributed by atoms with van der Waals surface area (Å²) in [5.41, 5.74) is 4.94. The first-order valence-corrected chi connectivity index (χ1v) is 3.49. The van der Waals surface area contributed by atoms with Crippen molar-refractivity contribution in [3.8, 4) is 0 Å².